The number of hydrogen-bond donors (Lipinski definition) is 1. The molecule has 88 valence electrons. The fourth-order valence-corrected chi connectivity index (χ4v) is 1.59. The summed E-state index contributed by atoms with van der Waals surface area (Å²) in [5.41, 5.74) is 1.35. The van der Waals surface area contributed by atoms with Gasteiger partial charge in [0.05, 0.1) is 19.4 Å². The highest BCUT2D eigenvalue weighted by Crippen LogP contribution is 2.17. The van der Waals surface area contributed by atoms with E-state index in [0.29, 0.717) is 5.92 Å². The first kappa shape index (κ1) is 15.2. The minimum absolute atomic E-state index is 0. The summed E-state index contributed by atoms with van der Waals surface area (Å²) in [7, 11) is 4.16. The van der Waals surface area contributed by atoms with E-state index in [4.69, 9.17) is 0 Å². The van der Waals surface area contributed by atoms with Gasteiger partial charge in [0.15, 0.2) is 12.4 Å². The van der Waals surface area contributed by atoms with E-state index in [2.05, 4.69) is 60.7 Å². The summed E-state index contributed by atoms with van der Waals surface area (Å²) >= 11 is 0. The van der Waals surface area contributed by atoms with Crippen molar-refractivity contribution >= 4 is 0 Å². The van der Waals surface area contributed by atoms with Crippen LogP contribution in [0.4, 0.5) is 0 Å². The molecule has 0 aromatic carbocycles. The molecule has 16 heavy (non-hydrogen) atoms. The fourth-order valence-electron chi connectivity index (χ4n) is 1.59. The summed E-state index contributed by atoms with van der Waals surface area (Å²) in [5, 5.41) is 0. The van der Waals surface area contributed by atoms with Gasteiger partial charge in [-0.2, -0.15) is 0 Å². The van der Waals surface area contributed by atoms with E-state index >= 15 is 0 Å². The fraction of sp³-hybridized carbons (Fsp3) is 0.250. The molecular formula is C12H16Cl2N2. The van der Waals surface area contributed by atoms with Gasteiger partial charge in [-0.25, -0.2) is 4.57 Å². The molecule has 4 heteroatoms. The zero-order valence-corrected chi connectivity index (χ0v) is 10.9. The molecule has 1 aliphatic heterocycles. The Labute approximate surface area is 109 Å². The number of nitrogens with zero attached hydrogens (tertiary/aromatic N) is 1. The van der Waals surface area contributed by atoms with Gasteiger partial charge in [-0.1, -0.05) is 0 Å². The molecule has 0 radical (unpaired) electrons. The van der Waals surface area contributed by atoms with Crippen molar-refractivity contribution in [3.05, 3.63) is 54.6 Å². The lowest BCUT2D eigenvalue weighted by molar-refractivity contribution is -0.767. The third kappa shape index (κ3) is 3.63. The van der Waals surface area contributed by atoms with E-state index in [-0.39, 0.29) is 24.8 Å². The number of halogens is 2. The van der Waals surface area contributed by atoms with Gasteiger partial charge < -0.3 is 24.8 Å². The predicted molar refractivity (Wildman–Crippen MR) is 55.5 cm³/mol. The SMILES string of the molecule is C[n+]1ccc(C2C=C[NH+](C)C=C2)cc1.[Cl-].[Cl-]. The lowest BCUT2D eigenvalue weighted by Gasteiger charge is -2.12. The molecule has 1 N–H and O–H groups in total. The van der Waals surface area contributed by atoms with Crippen molar-refractivity contribution < 1.29 is 34.3 Å². The van der Waals surface area contributed by atoms with Gasteiger partial charge in [-0.15, -0.1) is 0 Å². The topological polar surface area (TPSA) is 8.32 Å². The Balaban J connectivity index is 0.00000112. The molecule has 0 fully saturated rings. The normalized spacial score (nSPS) is 22.1. The lowest BCUT2D eigenvalue weighted by Crippen LogP contribution is -3.00. The minimum Gasteiger partial charge on any atom is -1.00 e. The monoisotopic (exact) mass is 258 g/mol. The quantitative estimate of drug-likeness (QED) is 0.481. The average Bonchev–Trinajstić information content (AvgIpc) is 2.21. The van der Waals surface area contributed by atoms with Crippen LogP contribution in [0.5, 0.6) is 0 Å². The smallest absolute Gasteiger partial charge is 0.168 e. The third-order valence-corrected chi connectivity index (χ3v) is 2.52. The van der Waals surface area contributed by atoms with Crippen LogP contribution in [0.15, 0.2) is 49.1 Å². The van der Waals surface area contributed by atoms with E-state index < -0.39 is 0 Å². The Morgan fingerprint density at radius 1 is 1.06 bits per heavy atom. The number of nitrogens with one attached hydrogen (secondary N) is 1. The predicted octanol–water partition coefficient (Wildman–Crippen LogP) is -5.84. The molecule has 0 spiro atoms. The molecule has 2 heterocycles. The van der Waals surface area contributed by atoms with Crippen LogP contribution in [0, 0.1) is 0 Å². The molecule has 0 saturated carbocycles. The number of allylic oxidation sites excluding steroid dienone is 2. The van der Waals surface area contributed by atoms with Crippen LogP contribution in [-0.4, -0.2) is 7.05 Å². The number of aromatic nitrogens is 1. The summed E-state index contributed by atoms with van der Waals surface area (Å²) in [6.07, 6.45) is 13.0. The Bertz CT molecular complexity index is 357. The van der Waals surface area contributed by atoms with Crippen LogP contribution in [0.1, 0.15) is 11.5 Å². The van der Waals surface area contributed by atoms with Gasteiger partial charge in [-0.3, -0.25) is 4.90 Å². The maximum absolute atomic E-state index is 2.24. The van der Waals surface area contributed by atoms with Gasteiger partial charge in [0.1, 0.15) is 7.05 Å². The van der Waals surface area contributed by atoms with Gasteiger partial charge >= 0.3 is 0 Å². The van der Waals surface area contributed by atoms with Crippen molar-refractivity contribution in [1.82, 2.24) is 0 Å². The molecule has 0 amide bonds. The highest BCUT2D eigenvalue weighted by Gasteiger charge is 2.10. The highest BCUT2D eigenvalue weighted by atomic mass is 35.5. The maximum Gasteiger partial charge on any atom is 0.168 e. The van der Waals surface area contributed by atoms with Crippen LogP contribution in [-0.2, 0) is 7.05 Å². The summed E-state index contributed by atoms with van der Waals surface area (Å²) in [6, 6.07) is 4.33. The summed E-state index contributed by atoms with van der Waals surface area (Å²) in [5.74, 6) is 0.444. The molecule has 0 bridgehead atoms. The first-order chi connectivity index (χ1) is 6.75. The van der Waals surface area contributed by atoms with Crippen LogP contribution in [0.25, 0.3) is 0 Å². The Morgan fingerprint density at radius 3 is 2.06 bits per heavy atom. The Kier molecular flexibility index (Phi) is 6.34. The summed E-state index contributed by atoms with van der Waals surface area (Å²) in [4.78, 5) is 1.32. The third-order valence-electron chi connectivity index (χ3n) is 2.52. The molecule has 0 saturated heterocycles. The minimum atomic E-state index is 0. The van der Waals surface area contributed by atoms with Crippen molar-refractivity contribution in [2.24, 2.45) is 7.05 Å². The molecule has 2 rings (SSSR count). The summed E-state index contributed by atoms with van der Waals surface area (Å²) in [6.45, 7) is 0. The number of aryl methyl sites for hydroxylation is 1. The first-order valence-electron chi connectivity index (χ1n) is 4.91. The van der Waals surface area contributed by atoms with E-state index in [9.17, 15) is 0 Å². The van der Waals surface area contributed by atoms with Crippen LogP contribution in [0.2, 0.25) is 0 Å². The molecule has 0 aliphatic carbocycles. The standard InChI is InChI=1S/C12H15N2.2ClH/c1-13-7-3-11(4-8-13)12-5-9-14(2)10-6-12;;/h3-11H,1-2H3;2*1H/q+1;;/p-1. The van der Waals surface area contributed by atoms with E-state index in [1.165, 1.54) is 10.5 Å². The zero-order valence-electron chi connectivity index (χ0n) is 9.40. The van der Waals surface area contributed by atoms with E-state index in [1.54, 1.807) is 0 Å². The Hall–Kier alpha value is -0.830. The second-order valence-corrected chi connectivity index (χ2v) is 3.78. The first-order valence-corrected chi connectivity index (χ1v) is 4.91. The Morgan fingerprint density at radius 2 is 1.56 bits per heavy atom. The van der Waals surface area contributed by atoms with Gasteiger partial charge in [0.25, 0.3) is 0 Å². The van der Waals surface area contributed by atoms with Crippen LogP contribution < -0.4 is 34.3 Å². The van der Waals surface area contributed by atoms with Crippen molar-refractivity contribution in [3.63, 3.8) is 0 Å². The van der Waals surface area contributed by atoms with Gasteiger partial charge in [0, 0.05) is 18.1 Å². The molecular weight excluding hydrogens is 243 g/mol. The van der Waals surface area contributed by atoms with E-state index in [0.717, 1.165) is 0 Å². The van der Waals surface area contributed by atoms with Crippen molar-refractivity contribution in [3.8, 4) is 0 Å². The molecule has 2 nitrogen and oxygen atoms in total. The van der Waals surface area contributed by atoms with Gasteiger partial charge in [-0.05, 0) is 17.7 Å². The number of rotatable bonds is 1. The number of quaternary nitrogens is 1. The second-order valence-electron chi connectivity index (χ2n) is 3.78. The van der Waals surface area contributed by atoms with E-state index in [1.807, 2.05) is 7.05 Å². The van der Waals surface area contributed by atoms with Crippen molar-refractivity contribution in [2.45, 2.75) is 5.92 Å². The highest BCUT2D eigenvalue weighted by molar-refractivity contribution is 5.25. The van der Waals surface area contributed by atoms with Crippen LogP contribution in [0.3, 0.4) is 0 Å². The molecule has 0 unspecified atom stereocenters. The average molecular weight is 259 g/mol. The van der Waals surface area contributed by atoms with Crippen molar-refractivity contribution in [1.29, 1.82) is 0 Å². The van der Waals surface area contributed by atoms with Crippen molar-refractivity contribution in [2.75, 3.05) is 7.05 Å². The maximum atomic E-state index is 2.24. The molecule has 1 aromatic rings. The van der Waals surface area contributed by atoms with Crippen LogP contribution >= 0.6 is 0 Å². The molecule has 1 aromatic heterocycles. The molecule has 0 atom stereocenters. The number of hydrogen-bond acceptors (Lipinski definition) is 0. The zero-order chi connectivity index (χ0) is 9.97. The van der Waals surface area contributed by atoms with Gasteiger partial charge in [0.2, 0.25) is 0 Å². The summed E-state index contributed by atoms with van der Waals surface area (Å²) < 4.78 is 2.05. The number of pyridine rings is 1. The largest absolute Gasteiger partial charge is 1.00 e. The lowest BCUT2D eigenvalue weighted by atomic mass is 9.99. The second kappa shape index (κ2) is 6.69. The molecule has 1 aliphatic rings.